The Morgan fingerprint density at radius 3 is 1.32 bits per heavy atom. The zero-order chi connectivity index (χ0) is 19.2. The fraction of sp³-hybridized carbons (Fsp3) is 0.455. The lowest BCUT2D eigenvalue weighted by Gasteiger charge is -2.32. The van der Waals surface area contributed by atoms with Crippen molar-refractivity contribution in [2.75, 3.05) is 0 Å². The second-order valence-electron chi connectivity index (χ2n) is 8.85. The topological polar surface area (TPSA) is 40.5 Å². The molecule has 0 spiro atoms. The van der Waals surface area contributed by atoms with Crippen LogP contribution in [0.15, 0.2) is 69.6 Å². The van der Waals surface area contributed by atoms with E-state index in [1.54, 1.807) is 11.8 Å². The summed E-state index contributed by atoms with van der Waals surface area (Å²) in [6.45, 7) is 20.6. The van der Waals surface area contributed by atoms with E-state index in [4.69, 9.17) is 0 Å². The molecule has 2 rings (SSSR count). The van der Waals surface area contributed by atoms with Crippen molar-refractivity contribution >= 4 is 11.8 Å². The van der Waals surface area contributed by atoms with Gasteiger partial charge in [-0.1, -0.05) is 66.5 Å². The number of allylic oxidation sites excluding steroid dienone is 2. The molecule has 25 heavy (non-hydrogen) atoms. The van der Waals surface area contributed by atoms with Gasteiger partial charge < -0.3 is 10.2 Å². The van der Waals surface area contributed by atoms with Crippen LogP contribution in [0.25, 0.3) is 0 Å². The van der Waals surface area contributed by atoms with E-state index in [2.05, 4.69) is 66.9 Å². The van der Waals surface area contributed by atoms with Gasteiger partial charge in [0.25, 0.3) is 0 Å². The molecule has 2 N–H and O–H groups in total. The molecule has 3 heteroatoms. The number of rotatable bonds is 2. The molecule has 136 valence electrons. The third kappa shape index (κ3) is 4.46. The van der Waals surface area contributed by atoms with E-state index >= 15 is 0 Å². The minimum Gasteiger partial charge on any atom is -0.384 e. The van der Waals surface area contributed by atoms with Crippen LogP contribution in [0.2, 0.25) is 0 Å². The average Bonchev–Trinajstić information content (AvgIpc) is 2.43. The van der Waals surface area contributed by atoms with E-state index < -0.39 is 12.2 Å². The molecule has 0 aromatic rings. The van der Waals surface area contributed by atoms with Crippen LogP contribution in [0.3, 0.4) is 0 Å². The number of hydrogen-bond donors (Lipinski definition) is 2. The van der Waals surface area contributed by atoms with Crippen LogP contribution < -0.4 is 0 Å². The highest BCUT2D eigenvalue weighted by Crippen LogP contribution is 2.43. The first-order valence-electron chi connectivity index (χ1n) is 8.60. The minimum atomic E-state index is -0.623. The summed E-state index contributed by atoms with van der Waals surface area (Å²) in [6.07, 6.45) is 6.74. The van der Waals surface area contributed by atoms with E-state index in [0.29, 0.717) is 11.1 Å². The van der Waals surface area contributed by atoms with Gasteiger partial charge in [-0.05, 0) is 57.4 Å². The van der Waals surface area contributed by atoms with Crippen LogP contribution in [-0.2, 0) is 0 Å². The lowest BCUT2D eigenvalue weighted by atomic mass is 9.79. The van der Waals surface area contributed by atoms with Crippen molar-refractivity contribution in [2.45, 2.75) is 53.8 Å². The van der Waals surface area contributed by atoms with Gasteiger partial charge in [-0.2, -0.15) is 0 Å². The maximum absolute atomic E-state index is 10.4. The normalized spacial score (nSPS) is 25.3. The molecule has 0 amide bonds. The van der Waals surface area contributed by atoms with Crippen molar-refractivity contribution in [3.8, 4) is 0 Å². The fourth-order valence-corrected chi connectivity index (χ4v) is 4.04. The molecular weight excluding hydrogens is 328 g/mol. The van der Waals surface area contributed by atoms with Gasteiger partial charge in [0.15, 0.2) is 0 Å². The Bertz CT molecular complexity index is 656. The van der Waals surface area contributed by atoms with Gasteiger partial charge in [0.2, 0.25) is 0 Å². The second-order valence-corrected chi connectivity index (χ2v) is 10.00. The van der Waals surface area contributed by atoms with E-state index in [9.17, 15) is 10.2 Å². The van der Waals surface area contributed by atoms with Crippen molar-refractivity contribution in [3.63, 3.8) is 0 Å². The zero-order valence-corrected chi connectivity index (χ0v) is 17.0. The Kier molecular flexibility index (Phi) is 5.44. The summed E-state index contributed by atoms with van der Waals surface area (Å²) >= 11 is 1.62. The van der Waals surface area contributed by atoms with Crippen LogP contribution in [0.1, 0.15) is 41.5 Å². The summed E-state index contributed by atoms with van der Waals surface area (Å²) in [6, 6.07) is 0. The molecule has 2 nitrogen and oxygen atoms in total. The summed E-state index contributed by atoms with van der Waals surface area (Å²) in [5, 5.41) is 20.9. The number of aliphatic hydroxyl groups excluding tert-OH is 2. The number of thioether (sulfide) groups is 1. The number of aliphatic hydroxyl groups is 2. The Morgan fingerprint density at radius 2 is 1.04 bits per heavy atom. The summed E-state index contributed by atoms with van der Waals surface area (Å²) in [5.41, 5.74) is 3.11. The Balaban J connectivity index is 2.36. The summed E-state index contributed by atoms with van der Waals surface area (Å²) < 4.78 is 0. The van der Waals surface area contributed by atoms with E-state index in [1.165, 1.54) is 0 Å². The highest BCUT2D eigenvalue weighted by Gasteiger charge is 2.30. The molecule has 0 saturated heterocycles. The maximum atomic E-state index is 10.4. The SMILES string of the molecule is C=C1C=C(SC2=CC(=C)C(O)C(C(C)(C)C)=C2)C=C(C(C)(C)C)C1O. The first-order chi connectivity index (χ1) is 11.3. The first-order valence-corrected chi connectivity index (χ1v) is 9.41. The van der Waals surface area contributed by atoms with Gasteiger partial charge in [0.1, 0.15) is 12.2 Å². The van der Waals surface area contributed by atoms with Gasteiger partial charge in [-0.15, -0.1) is 0 Å². The molecule has 2 unspecified atom stereocenters. The van der Waals surface area contributed by atoms with Gasteiger partial charge in [-0.3, -0.25) is 0 Å². The quantitative estimate of drug-likeness (QED) is 0.704. The third-order valence-electron chi connectivity index (χ3n) is 4.51. The monoisotopic (exact) mass is 358 g/mol. The molecule has 2 atom stereocenters. The van der Waals surface area contributed by atoms with Crippen molar-refractivity contribution in [2.24, 2.45) is 10.8 Å². The largest absolute Gasteiger partial charge is 0.384 e. The van der Waals surface area contributed by atoms with Crippen LogP contribution in [-0.4, -0.2) is 22.4 Å². The highest BCUT2D eigenvalue weighted by molar-refractivity contribution is 8.07. The van der Waals surface area contributed by atoms with Crippen LogP contribution in [0.5, 0.6) is 0 Å². The molecule has 0 bridgehead atoms. The smallest absolute Gasteiger partial charge is 0.100 e. The lowest BCUT2D eigenvalue weighted by Crippen LogP contribution is -2.26. The first kappa shape index (κ1) is 20.0. The molecular formula is C22H30O2S. The molecule has 2 aliphatic carbocycles. The van der Waals surface area contributed by atoms with E-state index in [0.717, 1.165) is 21.0 Å². The fourth-order valence-electron chi connectivity index (χ4n) is 2.98. The molecule has 0 aromatic heterocycles. The third-order valence-corrected chi connectivity index (χ3v) is 5.45. The molecule has 2 aliphatic rings. The van der Waals surface area contributed by atoms with E-state index in [1.807, 2.05) is 12.2 Å². The van der Waals surface area contributed by atoms with Gasteiger partial charge >= 0.3 is 0 Å². The minimum absolute atomic E-state index is 0.129. The van der Waals surface area contributed by atoms with E-state index in [-0.39, 0.29) is 10.8 Å². The van der Waals surface area contributed by atoms with Crippen LogP contribution in [0.4, 0.5) is 0 Å². The Hall–Kier alpha value is -1.29. The number of hydrogen-bond acceptors (Lipinski definition) is 3. The molecule has 0 aromatic carbocycles. The van der Waals surface area contributed by atoms with Crippen molar-refractivity contribution in [3.05, 3.63) is 69.6 Å². The summed E-state index contributed by atoms with van der Waals surface area (Å²) in [5.74, 6) is 0. The highest BCUT2D eigenvalue weighted by atomic mass is 32.2. The van der Waals surface area contributed by atoms with Crippen LogP contribution in [0, 0.1) is 10.8 Å². The van der Waals surface area contributed by atoms with Gasteiger partial charge in [-0.25, -0.2) is 0 Å². The second kappa shape index (κ2) is 6.79. The van der Waals surface area contributed by atoms with Gasteiger partial charge in [0.05, 0.1) is 0 Å². The molecule has 0 heterocycles. The molecule has 0 fully saturated rings. The maximum Gasteiger partial charge on any atom is 0.100 e. The van der Waals surface area contributed by atoms with Gasteiger partial charge in [0, 0.05) is 9.81 Å². The zero-order valence-electron chi connectivity index (χ0n) is 16.2. The molecule has 0 radical (unpaired) electrons. The Morgan fingerprint density at radius 1 is 0.720 bits per heavy atom. The molecule has 0 aliphatic heterocycles. The van der Waals surface area contributed by atoms with Crippen LogP contribution >= 0.6 is 11.8 Å². The Labute approximate surface area is 156 Å². The summed E-state index contributed by atoms with van der Waals surface area (Å²) in [4.78, 5) is 2.08. The standard InChI is InChI=1S/C22H30O2S/c1-13-9-15(11-17(19(13)23)21(3,4)5)25-16-10-14(2)20(24)18(12-16)22(6,7)8/h9-12,19-20,23-24H,1-2H2,3-8H3. The molecule has 0 saturated carbocycles. The lowest BCUT2D eigenvalue weighted by molar-refractivity contribution is 0.220. The summed E-state index contributed by atoms with van der Waals surface area (Å²) in [7, 11) is 0. The predicted octanol–water partition coefficient (Wildman–Crippen LogP) is 5.29. The van der Waals surface area contributed by atoms with Crippen molar-refractivity contribution in [1.29, 1.82) is 0 Å². The predicted molar refractivity (Wildman–Crippen MR) is 109 cm³/mol. The van der Waals surface area contributed by atoms with Crippen molar-refractivity contribution < 1.29 is 10.2 Å². The average molecular weight is 359 g/mol. The van der Waals surface area contributed by atoms with Crippen molar-refractivity contribution in [1.82, 2.24) is 0 Å².